The molecule has 0 aromatic heterocycles. The van der Waals surface area contributed by atoms with Crippen molar-refractivity contribution in [2.45, 2.75) is 76.7 Å². The zero-order chi connectivity index (χ0) is 24.3. The molecule has 0 aliphatic heterocycles. The van der Waals surface area contributed by atoms with Crippen molar-refractivity contribution in [3.8, 4) is 0 Å². The standard InChI is InChI=1S/C30H39NO3/c1-19-16-25-27-12-14-30(34,13-5-15-32)29(27,2)18-26(20-6-8-21(9-7-20)31(3)4)28(25)23-11-10-22(33)17-24(19)23/h6-9,15,17,19,25-27,34H,5,10-14,16,18H2,1-4H3/t19-,25-,26+,27-,29-,30-/m0/s1. The van der Waals surface area contributed by atoms with Crippen LogP contribution in [0.5, 0.6) is 0 Å². The molecular weight excluding hydrogens is 422 g/mol. The minimum atomic E-state index is -0.793. The van der Waals surface area contributed by atoms with Crippen molar-refractivity contribution >= 4 is 17.8 Å². The highest BCUT2D eigenvalue weighted by Gasteiger charge is 2.62. The first-order valence-corrected chi connectivity index (χ1v) is 13.1. The maximum Gasteiger partial charge on any atom is 0.156 e. The Balaban J connectivity index is 1.66. The van der Waals surface area contributed by atoms with E-state index in [0.29, 0.717) is 37.0 Å². The summed E-state index contributed by atoms with van der Waals surface area (Å²) in [6.07, 6.45) is 9.09. The average molecular weight is 462 g/mol. The number of carbonyl (C=O) groups excluding carboxylic acids is 2. The first kappa shape index (κ1) is 23.5. The lowest BCUT2D eigenvalue weighted by Crippen LogP contribution is -2.52. The molecule has 2 saturated carbocycles. The second kappa shape index (κ2) is 8.48. The number of hydrogen-bond donors (Lipinski definition) is 1. The van der Waals surface area contributed by atoms with Crippen molar-refractivity contribution in [3.05, 3.63) is 52.6 Å². The second-order valence-corrected chi connectivity index (χ2v) is 11.8. The number of hydrogen-bond acceptors (Lipinski definition) is 4. The molecule has 0 bridgehead atoms. The van der Waals surface area contributed by atoms with Gasteiger partial charge in [0, 0.05) is 44.0 Å². The lowest BCUT2D eigenvalue weighted by molar-refractivity contribution is -0.116. The molecule has 6 atom stereocenters. The van der Waals surface area contributed by atoms with Crippen LogP contribution in [0.2, 0.25) is 0 Å². The summed E-state index contributed by atoms with van der Waals surface area (Å²) in [6, 6.07) is 8.93. The van der Waals surface area contributed by atoms with E-state index in [2.05, 4.69) is 57.1 Å². The van der Waals surface area contributed by atoms with Crippen LogP contribution in [-0.4, -0.2) is 36.9 Å². The van der Waals surface area contributed by atoms with Gasteiger partial charge in [-0.25, -0.2) is 0 Å². The SMILES string of the molecule is C[C@H]1C[C@@H]2C(=C3CCC(=O)C=C31)[C@@H](c1ccc(N(C)C)cc1)C[C@@]1(C)[C@H]2CC[C@@]1(O)CCC=O. The lowest BCUT2D eigenvalue weighted by atomic mass is 9.50. The molecule has 182 valence electrons. The molecule has 4 aliphatic rings. The number of anilines is 1. The molecule has 1 N–H and O–H groups in total. The molecule has 0 spiro atoms. The van der Waals surface area contributed by atoms with E-state index in [1.165, 1.54) is 22.4 Å². The number of aliphatic hydroxyl groups is 1. The van der Waals surface area contributed by atoms with Crippen molar-refractivity contribution < 1.29 is 14.7 Å². The molecule has 0 amide bonds. The summed E-state index contributed by atoms with van der Waals surface area (Å²) in [5, 5.41) is 11.9. The zero-order valence-corrected chi connectivity index (χ0v) is 21.1. The first-order valence-electron chi connectivity index (χ1n) is 13.1. The topological polar surface area (TPSA) is 57.6 Å². The molecular formula is C30H39NO3. The normalized spacial score (nSPS) is 37.0. The van der Waals surface area contributed by atoms with Crippen molar-refractivity contribution in [1.82, 2.24) is 0 Å². The fourth-order valence-electron chi connectivity index (χ4n) is 8.06. The van der Waals surface area contributed by atoms with Crippen molar-refractivity contribution in [2.24, 2.45) is 23.2 Å². The highest BCUT2D eigenvalue weighted by Crippen LogP contribution is 2.68. The summed E-state index contributed by atoms with van der Waals surface area (Å²) in [5.74, 6) is 1.72. The number of benzene rings is 1. The Morgan fingerprint density at radius 3 is 2.59 bits per heavy atom. The molecule has 5 rings (SSSR count). The van der Waals surface area contributed by atoms with Gasteiger partial charge < -0.3 is 14.8 Å². The fraction of sp³-hybridized carbons (Fsp3) is 0.600. The van der Waals surface area contributed by atoms with Crippen molar-refractivity contribution in [1.29, 1.82) is 0 Å². The summed E-state index contributed by atoms with van der Waals surface area (Å²) in [5.41, 5.74) is 5.75. The van der Waals surface area contributed by atoms with Crippen molar-refractivity contribution in [2.75, 3.05) is 19.0 Å². The summed E-state index contributed by atoms with van der Waals surface area (Å²) in [7, 11) is 4.12. The molecule has 0 radical (unpaired) electrons. The van der Waals surface area contributed by atoms with Crippen LogP contribution < -0.4 is 4.90 Å². The number of nitrogens with zero attached hydrogens (tertiary/aromatic N) is 1. The van der Waals surface area contributed by atoms with Gasteiger partial charge in [-0.3, -0.25) is 4.79 Å². The zero-order valence-electron chi connectivity index (χ0n) is 21.1. The maximum atomic E-state index is 12.3. The molecule has 4 aliphatic carbocycles. The number of ketones is 1. The number of carbonyl (C=O) groups is 2. The van der Waals surface area contributed by atoms with Gasteiger partial charge >= 0.3 is 0 Å². The molecule has 1 aromatic carbocycles. The van der Waals surface area contributed by atoms with E-state index in [4.69, 9.17) is 0 Å². The summed E-state index contributed by atoms with van der Waals surface area (Å²) in [6.45, 7) is 4.58. The third-order valence-corrected chi connectivity index (χ3v) is 9.90. The fourth-order valence-corrected chi connectivity index (χ4v) is 8.06. The quantitative estimate of drug-likeness (QED) is 0.579. The highest BCUT2D eigenvalue weighted by atomic mass is 16.3. The van der Waals surface area contributed by atoms with Gasteiger partial charge in [0.2, 0.25) is 0 Å². The smallest absolute Gasteiger partial charge is 0.156 e. The third-order valence-electron chi connectivity index (χ3n) is 9.90. The van der Waals surface area contributed by atoms with E-state index < -0.39 is 5.60 Å². The van der Waals surface area contributed by atoms with Crippen LogP contribution in [0.1, 0.15) is 76.7 Å². The van der Waals surface area contributed by atoms with E-state index in [1.54, 1.807) is 5.57 Å². The average Bonchev–Trinajstić information content (AvgIpc) is 3.08. The molecule has 34 heavy (non-hydrogen) atoms. The Labute approximate surface area is 204 Å². The minimum Gasteiger partial charge on any atom is -0.389 e. The predicted molar refractivity (Wildman–Crippen MR) is 136 cm³/mol. The monoisotopic (exact) mass is 461 g/mol. The van der Waals surface area contributed by atoms with E-state index >= 15 is 0 Å². The van der Waals surface area contributed by atoms with E-state index in [0.717, 1.165) is 38.4 Å². The van der Waals surface area contributed by atoms with Gasteiger partial charge in [-0.1, -0.05) is 31.6 Å². The van der Waals surface area contributed by atoms with Crippen LogP contribution in [0.3, 0.4) is 0 Å². The number of aldehydes is 1. The van der Waals surface area contributed by atoms with E-state index in [1.807, 2.05) is 6.08 Å². The number of rotatable bonds is 5. The first-order chi connectivity index (χ1) is 16.2. The van der Waals surface area contributed by atoms with Crippen molar-refractivity contribution in [3.63, 3.8) is 0 Å². The lowest BCUT2D eigenvalue weighted by Gasteiger charge is -2.55. The van der Waals surface area contributed by atoms with Crippen LogP contribution in [0.4, 0.5) is 5.69 Å². The van der Waals surface area contributed by atoms with Gasteiger partial charge in [-0.05, 0) is 91.2 Å². The Bertz CT molecular complexity index is 1050. The van der Waals surface area contributed by atoms with Gasteiger partial charge in [0.1, 0.15) is 6.29 Å². The third kappa shape index (κ3) is 3.52. The van der Waals surface area contributed by atoms with Gasteiger partial charge in [0.05, 0.1) is 5.60 Å². The Morgan fingerprint density at radius 2 is 1.91 bits per heavy atom. The highest BCUT2D eigenvalue weighted by molar-refractivity contribution is 5.93. The predicted octanol–water partition coefficient (Wildman–Crippen LogP) is 5.61. The van der Waals surface area contributed by atoms with Gasteiger partial charge in [-0.15, -0.1) is 0 Å². The minimum absolute atomic E-state index is 0.221. The molecule has 1 aromatic rings. The van der Waals surface area contributed by atoms with Crippen LogP contribution in [0.25, 0.3) is 0 Å². The number of allylic oxidation sites excluding steroid dienone is 4. The molecule has 0 saturated heterocycles. The van der Waals surface area contributed by atoms with Gasteiger partial charge in [0.15, 0.2) is 5.78 Å². The van der Waals surface area contributed by atoms with Crippen LogP contribution >= 0.6 is 0 Å². The maximum absolute atomic E-state index is 12.3. The Hall–Kier alpha value is -2.20. The summed E-state index contributed by atoms with van der Waals surface area (Å²) in [4.78, 5) is 25.7. The van der Waals surface area contributed by atoms with Crippen LogP contribution in [0, 0.1) is 23.2 Å². The largest absolute Gasteiger partial charge is 0.389 e. The Kier molecular flexibility index (Phi) is 5.87. The molecule has 2 fully saturated rings. The summed E-state index contributed by atoms with van der Waals surface area (Å²) < 4.78 is 0. The molecule has 0 heterocycles. The Morgan fingerprint density at radius 1 is 1.18 bits per heavy atom. The van der Waals surface area contributed by atoms with Gasteiger partial charge in [-0.2, -0.15) is 0 Å². The molecule has 4 heteroatoms. The van der Waals surface area contributed by atoms with E-state index in [9.17, 15) is 14.7 Å². The number of fused-ring (bicyclic) bond motifs is 4. The molecule has 0 unspecified atom stereocenters. The summed E-state index contributed by atoms with van der Waals surface area (Å²) >= 11 is 0. The van der Waals surface area contributed by atoms with Crippen LogP contribution in [-0.2, 0) is 9.59 Å². The van der Waals surface area contributed by atoms with Crippen LogP contribution in [0.15, 0.2) is 47.1 Å². The molecule has 4 nitrogen and oxygen atoms in total. The van der Waals surface area contributed by atoms with E-state index in [-0.39, 0.29) is 17.1 Å². The van der Waals surface area contributed by atoms with Gasteiger partial charge in [0.25, 0.3) is 0 Å². The second-order valence-electron chi connectivity index (χ2n) is 11.8.